The highest BCUT2D eigenvalue weighted by atomic mass is 16.1. The Balaban J connectivity index is 1.19. The van der Waals surface area contributed by atoms with Gasteiger partial charge in [-0.2, -0.15) is 0 Å². The number of H-pyrrole nitrogens is 2. The molecule has 0 amide bonds. The summed E-state index contributed by atoms with van der Waals surface area (Å²) in [4.78, 5) is 20.9. The molecule has 5 rings (SSSR count). The van der Waals surface area contributed by atoms with E-state index in [-0.39, 0.29) is 5.56 Å². The van der Waals surface area contributed by atoms with Gasteiger partial charge in [0.1, 0.15) is 0 Å². The van der Waals surface area contributed by atoms with Crippen molar-refractivity contribution in [2.24, 2.45) is 0 Å². The lowest BCUT2D eigenvalue weighted by molar-refractivity contribution is 0.211. The third kappa shape index (κ3) is 3.73. The van der Waals surface area contributed by atoms with Crippen molar-refractivity contribution in [3.63, 3.8) is 0 Å². The molecular formula is C25H27N3O. The molecule has 2 N–H and O–H groups in total. The second-order valence-electron chi connectivity index (χ2n) is 8.21. The van der Waals surface area contributed by atoms with Crippen LogP contribution in [-0.2, 0) is 6.42 Å². The summed E-state index contributed by atoms with van der Waals surface area (Å²) in [5, 5.41) is 2.55. The van der Waals surface area contributed by atoms with Crippen molar-refractivity contribution in [1.82, 2.24) is 14.9 Å². The number of nitrogens with zero attached hydrogens (tertiary/aromatic N) is 1. The summed E-state index contributed by atoms with van der Waals surface area (Å²) in [5.41, 5.74) is 4.83. The number of para-hydroxylation sites is 2. The Bertz CT molecular complexity index is 1180. The Kier molecular flexibility index (Phi) is 4.94. The first-order valence-electron chi connectivity index (χ1n) is 10.7. The van der Waals surface area contributed by atoms with Gasteiger partial charge in [-0.25, -0.2) is 0 Å². The van der Waals surface area contributed by atoms with Crippen molar-refractivity contribution >= 4 is 21.8 Å². The number of likely N-dealkylation sites (tertiary alicyclic amines) is 1. The largest absolute Gasteiger partial charge is 0.361 e. The number of benzene rings is 2. The van der Waals surface area contributed by atoms with Crippen LogP contribution in [0.4, 0.5) is 0 Å². The summed E-state index contributed by atoms with van der Waals surface area (Å²) in [5.74, 6) is 0.652. The highest BCUT2D eigenvalue weighted by Gasteiger charge is 2.22. The minimum absolute atomic E-state index is 0.00163. The van der Waals surface area contributed by atoms with E-state index in [1.54, 1.807) is 6.07 Å². The summed E-state index contributed by atoms with van der Waals surface area (Å²) in [7, 11) is 0. The van der Waals surface area contributed by atoms with E-state index in [0.717, 1.165) is 43.6 Å². The molecule has 0 saturated carbocycles. The van der Waals surface area contributed by atoms with Crippen molar-refractivity contribution < 1.29 is 0 Å². The SMILES string of the molecule is O=c1cc(CCCN2CCC(c3c[nH]c4ccccc34)CC2)c2ccccc2[nH]1. The number of aryl methyl sites for hydroxylation is 1. The Morgan fingerprint density at radius 3 is 2.48 bits per heavy atom. The molecule has 1 aliphatic rings. The molecule has 3 heterocycles. The maximum Gasteiger partial charge on any atom is 0.248 e. The quantitative estimate of drug-likeness (QED) is 0.517. The van der Waals surface area contributed by atoms with Crippen LogP contribution >= 0.6 is 0 Å². The molecule has 0 unspecified atom stereocenters. The number of hydrogen-bond donors (Lipinski definition) is 2. The summed E-state index contributed by atoms with van der Waals surface area (Å²) in [6.07, 6.45) is 6.69. The van der Waals surface area contributed by atoms with Gasteiger partial charge in [0.15, 0.2) is 0 Å². The van der Waals surface area contributed by atoms with E-state index >= 15 is 0 Å². The predicted molar refractivity (Wildman–Crippen MR) is 120 cm³/mol. The zero-order chi connectivity index (χ0) is 19.6. The number of pyridine rings is 1. The minimum atomic E-state index is -0.00163. The molecule has 0 bridgehead atoms. The minimum Gasteiger partial charge on any atom is -0.361 e. The second-order valence-corrected chi connectivity index (χ2v) is 8.21. The van der Waals surface area contributed by atoms with Gasteiger partial charge >= 0.3 is 0 Å². The van der Waals surface area contributed by atoms with Gasteiger partial charge < -0.3 is 14.9 Å². The summed E-state index contributed by atoms with van der Waals surface area (Å²) in [6.45, 7) is 3.41. The molecule has 1 saturated heterocycles. The molecule has 148 valence electrons. The molecule has 1 fully saturated rings. The molecule has 0 spiro atoms. The van der Waals surface area contributed by atoms with E-state index in [1.165, 1.54) is 34.7 Å². The Morgan fingerprint density at radius 2 is 1.66 bits per heavy atom. The molecule has 2 aromatic carbocycles. The first-order valence-corrected chi connectivity index (χ1v) is 10.7. The highest BCUT2D eigenvalue weighted by molar-refractivity contribution is 5.83. The van der Waals surface area contributed by atoms with Crippen LogP contribution in [0.25, 0.3) is 21.8 Å². The fourth-order valence-electron chi connectivity index (χ4n) is 4.88. The Labute approximate surface area is 170 Å². The normalized spacial score (nSPS) is 16.0. The van der Waals surface area contributed by atoms with Crippen LogP contribution in [0, 0.1) is 0 Å². The molecule has 1 aliphatic heterocycles. The molecule has 4 aromatic rings. The third-order valence-electron chi connectivity index (χ3n) is 6.41. The van der Waals surface area contributed by atoms with Crippen molar-refractivity contribution in [2.45, 2.75) is 31.6 Å². The lowest BCUT2D eigenvalue weighted by Gasteiger charge is -2.32. The van der Waals surface area contributed by atoms with Gasteiger partial charge in [0.2, 0.25) is 5.56 Å². The molecule has 0 radical (unpaired) electrons. The summed E-state index contributed by atoms with van der Waals surface area (Å²) >= 11 is 0. The van der Waals surface area contributed by atoms with Gasteiger partial charge in [-0.3, -0.25) is 4.79 Å². The van der Waals surface area contributed by atoms with Gasteiger partial charge in [-0.1, -0.05) is 36.4 Å². The first kappa shape index (κ1) is 18.2. The predicted octanol–water partition coefficient (Wildman–Crippen LogP) is 4.82. The number of aromatic nitrogens is 2. The summed E-state index contributed by atoms with van der Waals surface area (Å²) < 4.78 is 0. The molecule has 4 nitrogen and oxygen atoms in total. The zero-order valence-electron chi connectivity index (χ0n) is 16.7. The van der Waals surface area contributed by atoms with Gasteiger partial charge in [-0.05, 0) is 74.5 Å². The number of nitrogens with one attached hydrogen (secondary N) is 2. The average molecular weight is 386 g/mol. The number of aromatic amines is 2. The molecule has 0 aliphatic carbocycles. The molecule has 2 aromatic heterocycles. The van der Waals surface area contributed by atoms with E-state index in [1.807, 2.05) is 18.2 Å². The number of rotatable bonds is 5. The fourth-order valence-corrected chi connectivity index (χ4v) is 4.88. The standard InChI is InChI=1S/C25H27N3O/c29-25-16-19(20-7-1-4-10-24(20)27-25)6-5-13-28-14-11-18(12-15-28)22-17-26-23-9-3-2-8-21(22)23/h1-4,7-10,16-18,26H,5-6,11-15H2,(H,27,29). The Morgan fingerprint density at radius 1 is 0.931 bits per heavy atom. The number of fused-ring (bicyclic) bond motifs is 2. The van der Waals surface area contributed by atoms with Gasteiger partial charge in [0.25, 0.3) is 0 Å². The van der Waals surface area contributed by atoms with Gasteiger partial charge in [-0.15, -0.1) is 0 Å². The maximum absolute atomic E-state index is 11.9. The molecule has 29 heavy (non-hydrogen) atoms. The lowest BCUT2D eigenvalue weighted by Crippen LogP contribution is -2.33. The first-order chi connectivity index (χ1) is 14.3. The maximum atomic E-state index is 11.9. The van der Waals surface area contributed by atoms with E-state index in [0.29, 0.717) is 5.92 Å². The van der Waals surface area contributed by atoms with Crippen molar-refractivity contribution in [2.75, 3.05) is 19.6 Å². The number of hydrogen-bond acceptors (Lipinski definition) is 2. The second kappa shape index (κ2) is 7.88. The van der Waals surface area contributed by atoms with Crippen LogP contribution in [0.3, 0.4) is 0 Å². The van der Waals surface area contributed by atoms with Crippen LogP contribution in [0.2, 0.25) is 0 Å². The summed E-state index contributed by atoms with van der Waals surface area (Å²) in [6, 6.07) is 18.5. The number of piperidine rings is 1. The Hall–Kier alpha value is -2.85. The van der Waals surface area contributed by atoms with E-state index in [2.05, 4.69) is 51.4 Å². The average Bonchev–Trinajstić information content (AvgIpc) is 3.18. The van der Waals surface area contributed by atoms with Gasteiger partial charge in [0, 0.05) is 34.1 Å². The van der Waals surface area contributed by atoms with Gasteiger partial charge in [0.05, 0.1) is 0 Å². The topological polar surface area (TPSA) is 51.9 Å². The van der Waals surface area contributed by atoms with E-state index in [4.69, 9.17) is 0 Å². The van der Waals surface area contributed by atoms with Crippen LogP contribution in [0.15, 0.2) is 65.6 Å². The lowest BCUT2D eigenvalue weighted by atomic mass is 9.89. The van der Waals surface area contributed by atoms with E-state index < -0.39 is 0 Å². The smallest absolute Gasteiger partial charge is 0.248 e. The van der Waals surface area contributed by atoms with E-state index in [9.17, 15) is 4.79 Å². The van der Waals surface area contributed by atoms with Crippen LogP contribution in [0.5, 0.6) is 0 Å². The molecule has 4 heteroatoms. The molecular weight excluding hydrogens is 358 g/mol. The van der Waals surface area contributed by atoms with Crippen molar-refractivity contribution in [3.05, 3.63) is 82.3 Å². The highest BCUT2D eigenvalue weighted by Crippen LogP contribution is 2.33. The van der Waals surface area contributed by atoms with Crippen LogP contribution < -0.4 is 5.56 Å². The van der Waals surface area contributed by atoms with Crippen LogP contribution in [0.1, 0.15) is 36.3 Å². The monoisotopic (exact) mass is 385 g/mol. The fraction of sp³-hybridized carbons (Fsp3) is 0.320. The van der Waals surface area contributed by atoms with Crippen LogP contribution in [-0.4, -0.2) is 34.5 Å². The zero-order valence-corrected chi connectivity index (χ0v) is 16.7. The van der Waals surface area contributed by atoms with Crippen molar-refractivity contribution in [1.29, 1.82) is 0 Å². The van der Waals surface area contributed by atoms with Crippen molar-refractivity contribution in [3.8, 4) is 0 Å². The third-order valence-corrected chi connectivity index (χ3v) is 6.41. The molecule has 0 atom stereocenters.